The highest BCUT2D eigenvalue weighted by molar-refractivity contribution is 5.86. The monoisotopic (exact) mass is 346 g/mol. The molecule has 3 saturated carbocycles. The van der Waals surface area contributed by atoms with E-state index in [0.717, 1.165) is 24.8 Å². The number of carbonyl (C=O) groups excluding carboxylic acids is 1. The minimum atomic E-state index is -1.25. The number of hydrogen-bond donors (Lipinski definition) is 3. The van der Waals surface area contributed by atoms with Crippen LogP contribution in [0.5, 0.6) is 0 Å². The number of aliphatic hydroxyl groups is 3. The molecule has 4 rings (SSSR count). The van der Waals surface area contributed by atoms with Crippen molar-refractivity contribution in [1.82, 2.24) is 0 Å². The lowest BCUT2D eigenvalue weighted by Gasteiger charge is -2.59. The van der Waals surface area contributed by atoms with Crippen LogP contribution in [-0.2, 0) is 4.79 Å². The number of aliphatic hydroxyl groups excluding tert-OH is 2. The predicted octanol–water partition coefficient (Wildman–Crippen LogP) is 2.38. The van der Waals surface area contributed by atoms with Gasteiger partial charge in [0.2, 0.25) is 0 Å². The normalized spacial score (nSPS) is 54.3. The summed E-state index contributed by atoms with van der Waals surface area (Å²) in [4.78, 5) is 12.2. The molecule has 0 saturated heterocycles. The summed E-state index contributed by atoms with van der Waals surface area (Å²) in [6.45, 7) is 5.78. The van der Waals surface area contributed by atoms with Crippen molar-refractivity contribution in [2.24, 2.45) is 28.6 Å². The molecule has 4 nitrogen and oxygen atoms in total. The molecule has 3 fully saturated rings. The van der Waals surface area contributed by atoms with E-state index in [0.29, 0.717) is 18.8 Å². The van der Waals surface area contributed by atoms with Crippen LogP contribution < -0.4 is 0 Å². The standard InChI is InChI=1S/C21H30O4/c1-12(22)21(25)9-6-16-18-15(5-8-20(16,21)3)19(2)7-4-14(23)10-13(19)11-17(18)24/h4,7,10,14-18,23-25H,5-6,8-9,11H2,1-3H3/t14?,15-,16-,17?,18+,19-,20-,21-/m0/s1. The maximum absolute atomic E-state index is 12.2. The summed E-state index contributed by atoms with van der Waals surface area (Å²) in [7, 11) is 0. The van der Waals surface area contributed by atoms with Crippen molar-refractivity contribution in [2.75, 3.05) is 0 Å². The third kappa shape index (κ3) is 2.08. The molecule has 4 aliphatic carbocycles. The van der Waals surface area contributed by atoms with E-state index in [1.165, 1.54) is 6.92 Å². The van der Waals surface area contributed by atoms with Crippen LogP contribution >= 0.6 is 0 Å². The van der Waals surface area contributed by atoms with Gasteiger partial charge < -0.3 is 15.3 Å². The number of ketones is 1. The Morgan fingerprint density at radius 1 is 1.16 bits per heavy atom. The van der Waals surface area contributed by atoms with Crippen LogP contribution in [0.15, 0.2) is 23.8 Å². The fourth-order valence-electron chi connectivity index (χ4n) is 6.88. The molecule has 8 atom stereocenters. The average molecular weight is 346 g/mol. The summed E-state index contributed by atoms with van der Waals surface area (Å²) >= 11 is 0. The van der Waals surface area contributed by atoms with E-state index in [4.69, 9.17) is 0 Å². The van der Waals surface area contributed by atoms with Gasteiger partial charge in [-0.2, -0.15) is 0 Å². The SMILES string of the molecule is CC(=O)[C@@]1(O)CC[C@H]2[C@@H]3C(O)CC4=CC(O)C=C[C@]4(C)[C@H]3CC[C@@]21C. The number of hydrogen-bond acceptors (Lipinski definition) is 4. The number of Topliss-reactive ketones (excluding diaryl/α,β-unsaturated/α-hetero) is 1. The first-order chi connectivity index (χ1) is 11.6. The van der Waals surface area contributed by atoms with Crippen molar-refractivity contribution in [2.45, 2.75) is 70.7 Å². The van der Waals surface area contributed by atoms with Crippen molar-refractivity contribution in [3.63, 3.8) is 0 Å². The first-order valence-electron chi connectivity index (χ1n) is 9.63. The van der Waals surface area contributed by atoms with E-state index in [2.05, 4.69) is 19.9 Å². The fraction of sp³-hybridized carbons (Fsp3) is 0.762. The van der Waals surface area contributed by atoms with Crippen LogP contribution in [0.1, 0.15) is 52.9 Å². The second-order valence-electron chi connectivity index (χ2n) is 9.30. The van der Waals surface area contributed by atoms with Gasteiger partial charge in [0.15, 0.2) is 5.78 Å². The number of allylic oxidation sites excluding steroid dienone is 1. The smallest absolute Gasteiger partial charge is 0.161 e. The van der Waals surface area contributed by atoms with E-state index in [9.17, 15) is 20.1 Å². The van der Waals surface area contributed by atoms with Crippen molar-refractivity contribution in [3.8, 4) is 0 Å². The second kappa shape index (κ2) is 5.28. The molecule has 4 aliphatic rings. The highest BCUT2D eigenvalue weighted by Gasteiger charge is 2.66. The van der Waals surface area contributed by atoms with Crippen LogP contribution in [-0.4, -0.2) is 38.9 Å². The molecular formula is C21H30O4. The Morgan fingerprint density at radius 2 is 1.84 bits per heavy atom. The summed E-state index contributed by atoms with van der Waals surface area (Å²) in [6.07, 6.45) is 8.42. The number of carbonyl (C=O) groups is 1. The molecule has 0 amide bonds. The molecule has 0 spiro atoms. The lowest BCUT2D eigenvalue weighted by atomic mass is 9.46. The van der Waals surface area contributed by atoms with Gasteiger partial charge in [0.1, 0.15) is 5.60 Å². The Balaban J connectivity index is 1.75. The van der Waals surface area contributed by atoms with Gasteiger partial charge in [-0.1, -0.05) is 37.6 Å². The molecule has 0 heterocycles. The van der Waals surface area contributed by atoms with Crippen molar-refractivity contribution in [3.05, 3.63) is 23.8 Å². The van der Waals surface area contributed by atoms with Crippen LogP contribution in [0.25, 0.3) is 0 Å². The molecule has 138 valence electrons. The molecule has 25 heavy (non-hydrogen) atoms. The summed E-state index contributed by atoms with van der Waals surface area (Å²) in [5, 5.41) is 32.1. The fourth-order valence-corrected chi connectivity index (χ4v) is 6.88. The minimum absolute atomic E-state index is 0.0918. The zero-order valence-corrected chi connectivity index (χ0v) is 15.4. The molecule has 0 radical (unpaired) electrons. The Bertz CT molecular complexity index is 667. The van der Waals surface area contributed by atoms with E-state index >= 15 is 0 Å². The van der Waals surface area contributed by atoms with Gasteiger partial charge in [-0.3, -0.25) is 4.79 Å². The summed E-state index contributed by atoms with van der Waals surface area (Å²) in [6, 6.07) is 0. The Morgan fingerprint density at radius 3 is 2.52 bits per heavy atom. The minimum Gasteiger partial charge on any atom is -0.392 e. The van der Waals surface area contributed by atoms with Crippen LogP contribution in [0, 0.1) is 28.6 Å². The third-order valence-corrected chi connectivity index (χ3v) is 8.41. The number of fused-ring (bicyclic) bond motifs is 5. The van der Waals surface area contributed by atoms with Crippen LogP contribution in [0.2, 0.25) is 0 Å². The Kier molecular flexibility index (Phi) is 3.68. The topological polar surface area (TPSA) is 77.8 Å². The van der Waals surface area contributed by atoms with Gasteiger partial charge in [0.05, 0.1) is 12.2 Å². The maximum Gasteiger partial charge on any atom is 0.161 e. The highest BCUT2D eigenvalue weighted by atomic mass is 16.3. The summed E-state index contributed by atoms with van der Waals surface area (Å²) < 4.78 is 0. The molecule has 0 bridgehead atoms. The van der Waals surface area contributed by atoms with Gasteiger partial charge in [-0.05, 0) is 56.8 Å². The summed E-state index contributed by atoms with van der Waals surface area (Å²) in [5.74, 6) is 0.412. The molecule has 2 unspecified atom stereocenters. The second-order valence-corrected chi connectivity index (χ2v) is 9.30. The first kappa shape index (κ1) is 17.4. The molecule has 0 aromatic carbocycles. The largest absolute Gasteiger partial charge is 0.392 e. The van der Waals surface area contributed by atoms with Gasteiger partial charge in [0.25, 0.3) is 0 Å². The maximum atomic E-state index is 12.2. The van der Waals surface area contributed by atoms with Gasteiger partial charge in [-0.15, -0.1) is 0 Å². The Labute approximate surface area is 149 Å². The molecular weight excluding hydrogens is 316 g/mol. The van der Waals surface area contributed by atoms with Gasteiger partial charge in [0, 0.05) is 10.8 Å². The first-order valence-corrected chi connectivity index (χ1v) is 9.63. The van der Waals surface area contributed by atoms with E-state index in [1.807, 2.05) is 12.2 Å². The third-order valence-electron chi connectivity index (χ3n) is 8.41. The molecule has 0 aromatic heterocycles. The zero-order valence-electron chi connectivity index (χ0n) is 15.4. The van der Waals surface area contributed by atoms with Crippen molar-refractivity contribution < 1.29 is 20.1 Å². The van der Waals surface area contributed by atoms with Crippen LogP contribution in [0.3, 0.4) is 0 Å². The molecule has 4 heteroatoms. The number of rotatable bonds is 1. The highest BCUT2D eigenvalue weighted by Crippen LogP contribution is 2.67. The van der Waals surface area contributed by atoms with Gasteiger partial charge in [-0.25, -0.2) is 0 Å². The molecule has 0 aliphatic heterocycles. The molecule has 3 N–H and O–H groups in total. The van der Waals surface area contributed by atoms with Crippen molar-refractivity contribution in [1.29, 1.82) is 0 Å². The van der Waals surface area contributed by atoms with E-state index in [-0.39, 0.29) is 23.0 Å². The van der Waals surface area contributed by atoms with E-state index < -0.39 is 23.2 Å². The van der Waals surface area contributed by atoms with Crippen LogP contribution in [0.4, 0.5) is 0 Å². The Hall–Kier alpha value is -0.970. The van der Waals surface area contributed by atoms with E-state index in [1.54, 1.807) is 0 Å². The predicted molar refractivity (Wildman–Crippen MR) is 94.6 cm³/mol. The zero-order chi connectivity index (χ0) is 18.2. The lowest BCUT2D eigenvalue weighted by Crippen LogP contribution is -2.59. The lowest BCUT2D eigenvalue weighted by molar-refractivity contribution is -0.165. The average Bonchev–Trinajstić information content (AvgIpc) is 2.82. The quantitative estimate of drug-likeness (QED) is 0.637. The molecule has 0 aromatic rings. The van der Waals surface area contributed by atoms with Gasteiger partial charge >= 0.3 is 0 Å². The van der Waals surface area contributed by atoms with Crippen molar-refractivity contribution >= 4 is 5.78 Å². The summed E-state index contributed by atoms with van der Waals surface area (Å²) in [5.41, 5.74) is -0.699.